The van der Waals surface area contributed by atoms with Crippen LogP contribution in [0, 0.1) is 0 Å². The van der Waals surface area contributed by atoms with Crippen molar-refractivity contribution in [2.75, 3.05) is 33.9 Å². The summed E-state index contributed by atoms with van der Waals surface area (Å²) in [5, 5.41) is 4.08. The predicted octanol–water partition coefficient (Wildman–Crippen LogP) is 2.15. The highest BCUT2D eigenvalue weighted by atomic mass is 35.5. The topological polar surface area (TPSA) is 33.7 Å². The molecule has 1 aliphatic rings. The molecule has 0 bridgehead atoms. The van der Waals surface area contributed by atoms with Crippen LogP contribution in [0.4, 0.5) is 0 Å². The van der Waals surface area contributed by atoms with Gasteiger partial charge >= 0.3 is 0 Å². The van der Waals surface area contributed by atoms with Crippen molar-refractivity contribution in [3.8, 4) is 11.5 Å². The minimum Gasteiger partial charge on any atom is -0.493 e. The fourth-order valence-electron chi connectivity index (χ4n) is 2.45. The van der Waals surface area contributed by atoms with Gasteiger partial charge in [0.2, 0.25) is 0 Å². The molecule has 1 aromatic carbocycles. The van der Waals surface area contributed by atoms with Crippen LogP contribution in [-0.4, -0.2) is 44.8 Å². The summed E-state index contributed by atoms with van der Waals surface area (Å²) < 4.78 is 10.6. The molecule has 2 rings (SSSR count). The smallest absolute Gasteiger partial charge is 0.179 e. The van der Waals surface area contributed by atoms with Crippen LogP contribution in [0.2, 0.25) is 5.02 Å². The van der Waals surface area contributed by atoms with Crippen molar-refractivity contribution in [1.82, 2.24) is 10.2 Å². The minimum atomic E-state index is 0.521. The lowest BCUT2D eigenvalue weighted by atomic mass is 10.1. The molecule has 0 radical (unpaired) electrons. The van der Waals surface area contributed by atoms with E-state index in [1.807, 2.05) is 12.1 Å². The Hall–Kier alpha value is -0.970. The van der Waals surface area contributed by atoms with Crippen molar-refractivity contribution in [3.63, 3.8) is 0 Å². The first-order valence-corrected chi connectivity index (χ1v) is 6.88. The van der Waals surface area contributed by atoms with Gasteiger partial charge in [0.1, 0.15) is 0 Å². The molecule has 4 nitrogen and oxygen atoms in total. The summed E-state index contributed by atoms with van der Waals surface area (Å²) in [7, 11) is 3.23. The second-order valence-electron chi connectivity index (χ2n) is 4.86. The van der Waals surface area contributed by atoms with Gasteiger partial charge in [0.15, 0.2) is 11.5 Å². The van der Waals surface area contributed by atoms with Crippen molar-refractivity contribution in [3.05, 3.63) is 22.7 Å². The number of halogens is 1. The molecule has 1 heterocycles. The maximum Gasteiger partial charge on any atom is 0.179 e. The number of benzene rings is 1. The number of rotatable bonds is 4. The normalized spacial score (nSPS) is 20.3. The van der Waals surface area contributed by atoms with Gasteiger partial charge in [-0.2, -0.15) is 0 Å². The van der Waals surface area contributed by atoms with Gasteiger partial charge in [-0.3, -0.25) is 4.90 Å². The number of methoxy groups -OCH3 is 2. The van der Waals surface area contributed by atoms with Crippen molar-refractivity contribution < 1.29 is 9.47 Å². The molecule has 5 heteroatoms. The lowest BCUT2D eigenvalue weighted by Gasteiger charge is -2.32. The van der Waals surface area contributed by atoms with Crippen LogP contribution in [0.15, 0.2) is 12.1 Å². The maximum absolute atomic E-state index is 6.40. The van der Waals surface area contributed by atoms with Crippen molar-refractivity contribution in [2.45, 2.75) is 19.5 Å². The zero-order chi connectivity index (χ0) is 13.8. The van der Waals surface area contributed by atoms with Crippen LogP contribution in [0.5, 0.6) is 11.5 Å². The lowest BCUT2D eigenvalue weighted by Crippen LogP contribution is -2.48. The molecular formula is C14H21ClN2O2. The molecule has 1 saturated heterocycles. The largest absolute Gasteiger partial charge is 0.493 e. The monoisotopic (exact) mass is 284 g/mol. The van der Waals surface area contributed by atoms with E-state index in [2.05, 4.69) is 17.1 Å². The number of nitrogens with zero attached hydrogens (tertiary/aromatic N) is 1. The third-order valence-electron chi connectivity index (χ3n) is 3.41. The zero-order valence-electron chi connectivity index (χ0n) is 11.7. The van der Waals surface area contributed by atoms with E-state index in [0.717, 1.165) is 31.7 Å². The molecular weight excluding hydrogens is 264 g/mol. The predicted molar refractivity (Wildman–Crippen MR) is 77.3 cm³/mol. The summed E-state index contributed by atoms with van der Waals surface area (Å²) in [5.41, 5.74) is 1.08. The van der Waals surface area contributed by atoms with Gasteiger partial charge in [0.25, 0.3) is 0 Å². The van der Waals surface area contributed by atoms with E-state index >= 15 is 0 Å². The standard InChI is InChI=1S/C14H21ClN2O2/c1-10-8-17(7-6-16-10)9-11-4-5-12(18-2)14(19-3)13(11)15/h4-5,10,16H,6-9H2,1-3H3/t10-/m1/s1. The molecule has 0 aromatic heterocycles. The molecule has 19 heavy (non-hydrogen) atoms. The number of ether oxygens (including phenoxy) is 2. The molecule has 1 fully saturated rings. The number of piperazine rings is 1. The third kappa shape index (κ3) is 3.32. The van der Waals surface area contributed by atoms with E-state index in [0.29, 0.717) is 22.6 Å². The third-order valence-corrected chi connectivity index (χ3v) is 3.83. The molecule has 0 spiro atoms. The second kappa shape index (κ2) is 6.46. The Morgan fingerprint density at radius 3 is 2.79 bits per heavy atom. The van der Waals surface area contributed by atoms with Gasteiger partial charge in [-0.05, 0) is 18.6 Å². The molecule has 0 saturated carbocycles. The van der Waals surface area contributed by atoms with Crippen LogP contribution in [0.1, 0.15) is 12.5 Å². The summed E-state index contributed by atoms with van der Waals surface area (Å²) in [5.74, 6) is 1.29. The summed E-state index contributed by atoms with van der Waals surface area (Å²) >= 11 is 6.40. The Labute approximate surface area is 119 Å². The first-order chi connectivity index (χ1) is 9.15. The average Bonchev–Trinajstić information content (AvgIpc) is 2.41. The van der Waals surface area contributed by atoms with Gasteiger partial charge in [-0.25, -0.2) is 0 Å². The highest BCUT2D eigenvalue weighted by Crippen LogP contribution is 2.37. The molecule has 1 N–H and O–H groups in total. The van der Waals surface area contributed by atoms with Crippen LogP contribution in [0.3, 0.4) is 0 Å². The van der Waals surface area contributed by atoms with Crippen molar-refractivity contribution in [2.24, 2.45) is 0 Å². The molecule has 106 valence electrons. The van der Waals surface area contributed by atoms with Crippen LogP contribution >= 0.6 is 11.6 Å². The Bertz CT molecular complexity index is 440. The molecule has 1 atom stereocenters. The van der Waals surface area contributed by atoms with E-state index in [-0.39, 0.29) is 0 Å². The second-order valence-corrected chi connectivity index (χ2v) is 5.24. The lowest BCUT2D eigenvalue weighted by molar-refractivity contribution is 0.199. The first kappa shape index (κ1) is 14.4. The number of hydrogen-bond acceptors (Lipinski definition) is 4. The van der Waals surface area contributed by atoms with Crippen molar-refractivity contribution >= 4 is 11.6 Å². The van der Waals surface area contributed by atoms with Gasteiger partial charge in [0, 0.05) is 32.2 Å². The minimum absolute atomic E-state index is 0.521. The Balaban J connectivity index is 2.16. The first-order valence-electron chi connectivity index (χ1n) is 6.50. The van der Waals surface area contributed by atoms with Gasteiger partial charge in [0.05, 0.1) is 19.2 Å². The SMILES string of the molecule is COc1ccc(CN2CCN[C@H](C)C2)c(Cl)c1OC. The van der Waals surface area contributed by atoms with E-state index in [1.165, 1.54) is 0 Å². The number of hydrogen-bond donors (Lipinski definition) is 1. The average molecular weight is 285 g/mol. The molecule has 1 aromatic rings. The zero-order valence-corrected chi connectivity index (χ0v) is 12.5. The Morgan fingerprint density at radius 2 is 2.16 bits per heavy atom. The molecule has 1 aliphatic heterocycles. The maximum atomic E-state index is 6.40. The van der Waals surface area contributed by atoms with Crippen molar-refractivity contribution in [1.29, 1.82) is 0 Å². The van der Waals surface area contributed by atoms with Crippen LogP contribution in [-0.2, 0) is 6.54 Å². The summed E-state index contributed by atoms with van der Waals surface area (Å²) in [4.78, 5) is 2.40. The summed E-state index contributed by atoms with van der Waals surface area (Å²) in [6.07, 6.45) is 0. The highest BCUT2D eigenvalue weighted by molar-refractivity contribution is 6.33. The van der Waals surface area contributed by atoms with E-state index in [4.69, 9.17) is 21.1 Å². The van der Waals surface area contributed by atoms with Gasteiger partial charge in [-0.15, -0.1) is 0 Å². The summed E-state index contributed by atoms with van der Waals surface area (Å²) in [6.45, 7) is 6.12. The fourth-order valence-corrected chi connectivity index (χ4v) is 2.74. The number of nitrogens with one attached hydrogen (secondary N) is 1. The Morgan fingerprint density at radius 1 is 1.37 bits per heavy atom. The molecule has 0 amide bonds. The summed E-state index contributed by atoms with van der Waals surface area (Å²) in [6, 6.07) is 4.44. The van der Waals surface area contributed by atoms with E-state index in [9.17, 15) is 0 Å². The van der Waals surface area contributed by atoms with Gasteiger partial charge in [-0.1, -0.05) is 17.7 Å². The van der Waals surface area contributed by atoms with E-state index in [1.54, 1.807) is 14.2 Å². The van der Waals surface area contributed by atoms with E-state index < -0.39 is 0 Å². The van der Waals surface area contributed by atoms with Gasteiger partial charge < -0.3 is 14.8 Å². The van der Waals surface area contributed by atoms with Crippen LogP contribution in [0.25, 0.3) is 0 Å². The van der Waals surface area contributed by atoms with Crippen LogP contribution < -0.4 is 14.8 Å². The quantitative estimate of drug-likeness (QED) is 0.919. The highest BCUT2D eigenvalue weighted by Gasteiger charge is 2.19. The molecule has 0 unspecified atom stereocenters. The molecule has 0 aliphatic carbocycles. The fraction of sp³-hybridized carbons (Fsp3) is 0.571. The Kier molecular flexibility index (Phi) is 4.91.